The SMILES string of the molecule is CN.CN. The zero-order valence-electron chi connectivity index (χ0n) is 3.15. The van der Waals surface area contributed by atoms with E-state index in [2.05, 4.69) is 11.5 Å². The first-order valence-electron chi connectivity index (χ1n) is 1.15. The van der Waals surface area contributed by atoms with Gasteiger partial charge in [0, 0.05) is 0 Å². The molecule has 0 atom stereocenters. The average molecular weight is 62.1 g/mol. The Bertz CT molecular complexity index is 4.00. The van der Waals surface area contributed by atoms with E-state index in [1.54, 1.807) is 0 Å². The number of hydrogen-bond donors (Lipinski definition) is 2. The summed E-state index contributed by atoms with van der Waals surface area (Å²) >= 11 is 0. The molecular weight excluding hydrogens is 52.0 g/mol. The van der Waals surface area contributed by atoms with Crippen molar-refractivity contribution in [2.75, 3.05) is 14.1 Å². The Morgan fingerprint density at radius 3 is 0.750 bits per heavy atom. The van der Waals surface area contributed by atoms with Crippen molar-refractivity contribution in [1.29, 1.82) is 0 Å². The molecule has 0 amide bonds. The van der Waals surface area contributed by atoms with E-state index >= 15 is 0 Å². The monoisotopic (exact) mass is 62.1 g/mol. The second-order valence-corrected chi connectivity index (χ2v) is 0. The molecule has 0 unspecified atom stereocenters. The van der Waals surface area contributed by atoms with Crippen molar-refractivity contribution >= 4 is 0 Å². The molecule has 28 valence electrons. The summed E-state index contributed by atoms with van der Waals surface area (Å²) in [7, 11) is 3.00. The van der Waals surface area contributed by atoms with Gasteiger partial charge in [0.15, 0.2) is 0 Å². The third kappa shape index (κ3) is 254. The summed E-state index contributed by atoms with van der Waals surface area (Å²) < 4.78 is 0. The zero-order valence-corrected chi connectivity index (χ0v) is 3.15. The minimum absolute atomic E-state index is 1.50. The summed E-state index contributed by atoms with van der Waals surface area (Å²) in [6, 6.07) is 0. The minimum Gasteiger partial charge on any atom is -0.333 e. The smallest absolute Gasteiger partial charge is 0.0195 e. The first kappa shape index (κ1) is 9.07. The first-order valence-corrected chi connectivity index (χ1v) is 1.15. The topological polar surface area (TPSA) is 52.0 Å². The van der Waals surface area contributed by atoms with E-state index in [1.807, 2.05) is 0 Å². The summed E-state index contributed by atoms with van der Waals surface area (Å²) in [6.45, 7) is 0. The predicted octanol–water partition coefficient (Wildman–Crippen LogP) is -0.850. The molecule has 0 aliphatic rings. The molecule has 0 aromatic heterocycles. The Morgan fingerprint density at radius 2 is 0.750 bits per heavy atom. The van der Waals surface area contributed by atoms with Gasteiger partial charge in [-0.2, -0.15) is 0 Å². The Morgan fingerprint density at radius 1 is 0.750 bits per heavy atom. The molecule has 0 aliphatic heterocycles. The highest BCUT2D eigenvalue weighted by molar-refractivity contribution is 3.54. The number of hydrogen-bond acceptors (Lipinski definition) is 2. The largest absolute Gasteiger partial charge is 0.333 e. The van der Waals surface area contributed by atoms with E-state index < -0.39 is 0 Å². The van der Waals surface area contributed by atoms with Crippen LogP contribution in [0.25, 0.3) is 0 Å². The van der Waals surface area contributed by atoms with Gasteiger partial charge in [0.2, 0.25) is 0 Å². The van der Waals surface area contributed by atoms with Crippen LogP contribution in [0.1, 0.15) is 0 Å². The third-order valence-electron chi connectivity index (χ3n) is 0. The van der Waals surface area contributed by atoms with Crippen LogP contribution in [0, 0.1) is 0 Å². The molecule has 0 saturated heterocycles. The maximum absolute atomic E-state index is 4.50. The molecule has 0 aliphatic carbocycles. The summed E-state index contributed by atoms with van der Waals surface area (Å²) in [5.74, 6) is 0. The van der Waals surface area contributed by atoms with Crippen LogP contribution in [-0.4, -0.2) is 14.1 Å². The lowest BCUT2D eigenvalue weighted by Crippen LogP contribution is -1.69. The molecular formula is C2H10N2. The summed E-state index contributed by atoms with van der Waals surface area (Å²) in [5.41, 5.74) is 9.00. The molecule has 0 saturated carbocycles. The molecule has 0 aromatic carbocycles. The van der Waals surface area contributed by atoms with E-state index in [4.69, 9.17) is 0 Å². The van der Waals surface area contributed by atoms with Crippen LogP contribution in [0.15, 0.2) is 0 Å². The van der Waals surface area contributed by atoms with E-state index in [9.17, 15) is 0 Å². The van der Waals surface area contributed by atoms with E-state index in [-0.39, 0.29) is 0 Å². The normalized spacial score (nSPS) is 3.00. The van der Waals surface area contributed by atoms with Crippen molar-refractivity contribution in [3.05, 3.63) is 0 Å². The molecule has 0 heterocycles. The summed E-state index contributed by atoms with van der Waals surface area (Å²) in [6.07, 6.45) is 0. The van der Waals surface area contributed by atoms with Crippen molar-refractivity contribution in [1.82, 2.24) is 0 Å². The van der Waals surface area contributed by atoms with Crippen LogP contribution in [0.3, 0.4) is 0 Å². The molecule has 0 spiro atoms. The van der Waals surface area contributed by atoms with E-state index in [1.165, 1.54) is 14.1 Å². The average Bonchev–Trinajstić information content (AvgIpc) is 1.50. The maximum Gasteiger partial charge on any atom is -0.0195 e. The maximum atomic E-state index is 4.50. The molecule has 2 nitrogen and oxygen atoms in total. The highest BCUT2D eigenvalue weighted by Gasteiger charge is 0.838. The number of rotatable bonds is 0. The van der Waals surface area contributed by atoms with Gasteiger partial charge >= 0.3 is 0 Å². The van der Waals surface area contributed by atoms with Gasteiger partial charge in [0.05, 0.1) is 0 Å². The standard InChI is InChI=1S/2CH5N/c2*1-2/h2*2H2,1H3. The fourth-order valence-corrected chi connectivity index (χ4v) is 0. The molecule has 4 N–H and O–H groups in total. The van der Waals surface area contributed by atoms with Gasteiger partial charge in [-0.25, -0.2) is 0 Å². The van der Waals surface area contributed by atoms with Crippen molar-refractivity contribution in [2.24, 2.45) is 11.5 Å². The predicted molar refractivity (Wildman–Crippen MR) is 20.2 cm³/mol. The van der Waals surface area contributed by atoms with Crippen molar-refractivity contribution < 1.29 is 0 Å². The molecule has 0 rings (SSSR count). The second-order valence-electron chi connectivity index (χ2n) is 0. The van der Waals surface area contributed by atoms with Gasteiger partial charge in [-0.3, -0.25) is 0 Å². The summed E-state index contributed by atoms with van der Waals surface area (Å²) in [4.78, 5) is 0. The fourth-order valence-electron chi connectivity index (χ4n) is 0. The van der Waals surface area contributed by atoms with Gasteiger partial charge < -0.3 is 11.5 Å². The van der Waals surface area contributed by atoms with Gasteiger partial charge in [0.1, 0.15) is 0 Å². The Hall–Kier alpha value is -0.0800. The first-order chi connectivity index (χ1) is 2.00. The molecule has 2 heteroatoms. The second kappa shape index (κ2) is 1680. The third-order valence-corrected chi connectivity index (χ3v) is 0. The van der Waals surface area contributed by atoms with Gasteiger partial charge in [0.25, 0.3) is 0 Å². The zero-order chi connectivity index (χ0) is 4.00. The highest BCUT2D eigenvalue weighted by atomic mass is 14.4. The van der Waals surface area contributed by atoms with Gasteiger partial charge in [-0.1, -0.05) is 0 Å². The van der Waals surface area contributed by atoms with Crippen LogP contribution in [0.4, 0.5) is 0 Å². The van der Waals surface area contributed by atoms with E-state index in [0.717, 1.165) is 0 Å². The quantitative estimate of drug-likeness (QED) is 0.384. The van der Waals surface area contributed by atoms with Crippen molar-refractivity contribution in [2.45, 2.75) is 0 Å². The lowest BCUT2D eigenvalue weighted by atomic mass is 11.6. The molecule has 0 radical (unpaired) electrons. The van der Waals surface area contributed by atoms with Crippen molar-refractivity contribution in [3.63, 3.8) is 0 Å². The van der Waals surface area contributed by atoms with Crippen LogP contribution < -0.4 is 11.5 Å². The van der Waals surface area contributed by atoms with Crippen LogP contribution in [0.2, 0.25) is 0 Å². The molecule has 4 heavy (non-hydrogen) atoms. The summed E-state index contributed by atoms with van der Waals surface area (Å²) in [5, 5.41) is 0. The van der Waals surface area contributed by atoms with Crippen LogP contribution in [0.5, 0.6) is 0 Å². The van der Waals surface area contributed by atoms with Gasteiger partial charge in [-0.05, 0) is 14.1 Å². The van der Waals surface area contributed by atoms with E-state index in [0.29, 0.717) is 0 Å². The fraction of sp³-hybridized carbons (Fsp3) is 1.00. The van der Waals surface area contributed by atoms with Crippen LogP contribution >= 0.6 is 0 Å². The molecule has 0 aromatic rings. The lowest BCUT2D eigenvalue weighted by Gasteiger charge is -1.19. The Labute approximate surface area is 26.8 Å². The van der Waals surface area contributed by atoms with Crippen LogP contribution in [-0.2, 0) is 0 Å². The molecule has 0 bridgehead atoms. The molecule has 0 fully saturated rings. The lowest BCUT2D eigenvalue weighted by molar-refractivity contribution is 1.48. The minimum atomic E-state index is 1.50. The number of nitrogens with two attached hydrogens (primary N) is 2. The van der Waals surface area contributed by atoms with Gasteiger partial charge in [-0.15, -0.1) is 0 Å². The van der Waals surface area contributed by atoms with Crippen molar-refractivity contribution in [3.8, 4) is 0 Å². The Balaban J connectivity index is 0. The highest BCUT2D eigenvalue weighted by Crippen LogP contribution is 0.471. The Kier molecular flexibility index (Phi) is 3810.